The Morgan fingerprint density at radius 3 is 1.63 bits per heavy atom. The van der Waals surface area contributed by atoms with E-state index in [9.17, 15) is 19.2 Å². The second-order valence-corrected chi connectivity index (χ2v) is 16.6. The van der Waals surface area contributed by atoms with Gasteiger partial charge in [-0.3, -0.25) is 19.4 Å². The van der Waals surface area contributed by atoms with E-state index >= 15 is 0 Å². The topological polar surface area (TPSA) is 114 Å². The van der Waals surface area contributed by atoms with E-state index in [1.165, 1.54) is 0 Å². The molecule has 5 heterocycles. The molecule has 2 aliphatic heterocycles. The van der Waals surface area contributed by atoms with Crippen LogP contribution >= 0.6 is 22.7 Å². The van der Waals surface area contributed by atoms with Gasteiger partial charge in [-0.05, 0) is 98.0 Å². The summed E-state index contributed by atoms with van der Waals surface area (Å²) in [5.74, 6) is -1.33. The highest BCUT2D eigenvalue weighted by Crippen LogP contribution is 2.45. The number of thiophene rings is 2. The van der Waals surface area contributed by atoms with Crippen LogP contribution in [-0.2, 0) is 36.9 Å². The van der Waals surface area contributed by atoms with E-state index in [2.05, 4.69) is 45.3 Å². The Morgan fingerprint density at radius 2 is 1.08 bits per heavy atom. The lowest BCUT2D eigenvalue weighted by atomic mass is 9.77. The van der Waals surface area contributed by atoms with Crippen LogP contribution in [0.2, 0.25) is 0 Å². The number of ketones is 3. The molecule has 0 radical (unpaired) electrons. The monoisotopic (exact) mass is 819 g/mol. The molecule has 2 N–H and O–H groups in total. The molecule has 8 rings (SSSR count). The average Bonchev–Trinajstić information content (AvgIpc) is 3.85. The highest BCUT2D eigenvalue weighted by molar-refractivity contribution is 7.17. The predicted octanol–water partition coefficient (Wildman–Crippen LogP) is 10.4. The molecule has 8 nitrogen and oxygen atoms in total. The minimum absolute atomic E-state index is 0.00466. The summed E-state index contributed by atoms with van der Waals surface area (Å²) in [6.45, 7) is 10.5. The van der Waals surface area contributed by atoms with Gasteiger partial charge in [0, 0.05) is 85.1 Å². The zero-order valence-electron chi connectivity index (χ0n) is 33.8. The number of fused-ring (bicyclic) bond motifs is 2. The number of rotatable bonds is 10. The molecule has 0 saturated carbocycles. The standard InChI is InChI=1S/C25H23NO2S.C24H22N2O3S/c1-15-23(16(2)27)25(20-14-29-22-12-8-7-11-19(20)22)24(17(3)28)21(26-15)13-18-9-5-4-6-10-18;1-14-21(16(3)27)23(19-13-30-20-9-5-4-8-18(19)20)22(15(2)26-14)24(28)29-12-17-7-6-10-25-11-17/h4-12,14,25-26H,13H2,1-3H3;4-11,13,23,26H,12H2,1-3H3. The van der Waals surface area contributed by atoms with E-state index in [1.807, 2.05) is 86.8 Å². The summed E-state index contributed by atoms with van der Waals surface area (Å²) >= 11 is 3.26. The summed E-state index contributed by atoms with van der Waals surface area (Å²) in [6, 6.07) is 30.0. The molecule has 3 aromatic carbocycles. The zero-order valence-corrected chi connectivity index (χ0v) is 35.5. The first-order chi connectivity index (χ1) is 28.4. The molecule has 0 amide bonds. The van der Waals surface area contributed by atoms with Gasteiger partial charge >= 0.3 is 5.97 Å². The Bertz CT molecular complexity index is 2740. The lowest BCUT2D eigenvalue weighted by Gasteiger charge is -2.31. The van der Waals surface area contributed by atoms with E-state index in [-0.39, 0.29) is 29.9 Å². The maximum atomic E-state index is 13.2. The SMILES string of the molecule is CC(=O)C1=C(C)NC(C)=C(C(=O)OCc2cccnc2)C1c1csc2ccccc12.CC(=O)C1=C(C)NC(Cc2ccccc2)=C(C(C)=O)C1c1csc2ccccc12. The Morgan fingerprint density at radius 1 is 0.593 bits per heavy atom. The van der Waals surface area contributed by atoms with Crippen molar-refractivity contribution in [1.82, 2.24) is 15.6 Å². The van der Waals surface area contributed by atoms with Gasteiger partial charge in [0.15, 0.2) is 17.3 Å². The number of aromatic nitrogens is 1. The molecule has 0 bridgehead atoms. The van der Waals surface area contributed by atoms with Crippen molar-refractivity contribution in [3.63, 3.8) is 0 Å². The third-order valence-corrected chi connectivity index (χ3v) is 12.7. The number of carbonyl (C=O) groups is 4. The van der Waals surface area contributed by atoms with Crippen LogP contribution in [0.4, 0.5) is 0 Å². The lowest BCUT2D eigenvalue weighted by molar-refractivity contribution is -0.140. The van der Waals surface area contributed by atoms with E-state index in [0.717, 1.165) is 59.5 Å². The van der Waals surface area contributed by atoms with Crippen LogP contribution in [0.15, 0.2) is 159 Å². The quantitative estimate of drug-likeness (QED) is 0.131. The van der Waals surface area contributed by atoms with Gasteiger partial charge in [-0.15, -0.1) is 22.7 Å². The molecule has 6 aromatic rings. The van der Waals surface area contributed by atoms with Gasteiger partial charge in [0.1, 0.15) is 6.61 Å². The Labute approximate surface area is 352 Å². The number of nitrogens with zero attached hydrogens (tertiary/aromatic N) is 1. The first-order valence-electron chi connectivity index (χ1n) is 19.4. The highest BCUT2D eigenvalue weighted by Gasteiger charge is 2.38. The highest BCUT2D eigenvalue weighted by atomic mass is 32.1. The summed E-state index contributed by atoms with van der Waals surface area (Å²) in [5.41, 5.74) is 9.53. The van der Waals surface area contributed by atoms with Gasteiger partial charge < -0.3 is 15.4 Å². The number of nitrogens with one attached hydrogen (secondary N) is 2. The Kier molecular flexibility index (Phi) is 12.3. The average molecular weight is 820 g/mol. The molecule has 0 aliphatic carbocycles. The summed E-state index contributed by atoms with van der Waals surface area (Å²) in [7, 11) is 0. The molecule has 0 fully saturated rings. The molecule has 0 saturated heterocycles. The molecule has 0 spiro atoms. The molecule has 2 aliphatic rings. The smallest absolute Gasteiger partial charge is 0.337 e. The number of esters is 1. The van der Waals surface area contributed by atoms with Crippen LogP contribution in [0.1, 0.15) is 75.6 Å². The number of dihydropyridines is 2. The number of ether oxygens (including phenoxy) is 1. The molecular weight excluding hydrogens is 775 g/mol. The summed E-state index contributed by atoms with van der Waals surface area (Å²) in [4.78, 5) is 55.5. The number of hydrogen-bond donors (Lipinski definition) is 2. The van der Waals surface area contributed by atoms with Crippen molar-refractivity contribution in [2.24, 2.45) is 0 Å². The third-order valence-electron chi connectivity index (χ3n) is 10.7. The first kappa shape index (κ1) is 40.9. The van der Waals surface area contributed by atoms with Gasteiger partial charge in [-0.1, -0.05) is 72.8 Å². The second kappa shape index (κ2) is 17.7. The van der Waals surface area contributed by atoms with Gasteiger partial charge in [0.2, 0.25) is 0 Å². The minimum Gasteiger partial charge on any atom is -0.457 e. The first-order valence-corrected chi connectivity index (χ1v) is 21.1. The molecule has 2 atom stereocenters. The zero-order chi connectivity index (χ0) is 41.8. The van der Waals surface area contributed by atoms with Crippen molar-refractivity contribution < 1.29 is 23.9 Å². The van der Waals surface area contributed by atoms with Crippen LogP contribution < -0.4 is 10.6 Å². The Hall–Kier alpha value is -6.23. The van der Waals surface area contributed by atoms with Crippen LogP contribution in [0.25, 0.3) is 20.2 Å². The van der Waals surface area contributed by atoms with E-state index < -0.39 is 11.9 Å². The number of Topliss-reactive ketones (excluding diaryl/α,β-unsaturated/α-hetero) is 3. The van der Waals surface area contributed by atoms with Crippen LogP contribution in [0, 0.1) is 0 Å². The van der Waals surface area contributed by atoms with Crippen molar-refractivity contribution >= 4 is 66.2 Å². The lowest BCUT2D eigenvalue weighted by Crippen LogP contribution is -2.31. The molecule has 3 aromatic heterocycles. The molecule has 298 valence electrons. The van der Waals surface area contributed by atoms with Crippen molar-refractivity contribution in [3.05, 3.63) is 181 Å². The van der Waals surface area contributed by atoms with Gasteiger partial charge in [-0.2, -0.15) is 0 Å². The number of hydrogen-bond acceptors (Lipinski definition) is 10. The minimum atomic E-state index is -0.471. The van der Waals surface area contributed by atoms with Gasteiger partial charge in [0.05, 0.1) is 5.57 Å². The largest absolute Gasteiger partial charge is 0.457 e. The molecule has 10 heteroatoms. The predicted molar refractivity (Wildman–Crippen MR) is 237 cm³/mol. The van der Waals surface area contributed by atoms with Crippen molar-refractivity contribution in [1.29, 1.82) is 0 Å². The normalized spacial score (nSPS) is 16.7. The van der Waals surface area contributed by atoms with Crippen molar-refractivity contribution in [2.75, 3.05) is 0 Å². The van der Waals surface area contributed by atoms with Crippen molar-refractivity contribution in [2.45, 2.75) is 66.4 Å². The Balaban J connectivity index is 0.000000179. The van der Waals surface area contributed by atoms with E-state index in [1.54, 1.807) is 61.9 Å². The fourth-order valence-electron chi connectivity index (χ4n) is 8.23. The third kappa shape index (κ3) is 8.51. The maximum absolute atomic E-state index is 13.2. The summed E-state index contributed by atoms with van der Waals surface area (Å²) in [6.07, 6.45) is 3.97. The van der Waals surface area contributed by atoms with Gasteiger partial charge in [-0.25, -0.2) is 4.79 Å². The summed E-state index contributed by atoms with van der Waals surface area (Å²) in [5, 5.41) is 12.9. The fourth-order valence-corrected chi connectivity index (χ4v) is 10.2. The number of allylic oxidation sites excluding steroid dienone is 7. The number of carbonyl (C=O) groups excluding carboxylic acids is 4. The number of pyridine rings is 1. The molecular formula is C49H45N3O5S2. The fraction of sp³-hybridized carbons (Fsp3) is 0.204. The van der Waals surface area contributed by atoms with Crippen LogP contribution in [-0.4, -0.2) is 28.3 Å². The van der Waals surface area contributed by atoms with E-state index in [4.69, 9.17) is 4.74 Å². The van der Waals surface area contributed by atoms with Crippen LogP contribution in [0.5, 0.6) is 0 Å². The maximum Gasteiger partial charge on any atom is 0.337 e. The molecule has 59 heavy (non-hydrogen) atoms. The van der Waals surface area contributed by atoms with E-state index in [0.29, 0.717) is 34.4 Å². The molecule has 2 unspecified atom stereocenters. The summed E-state index contributed by atoms with van der Waals surface area (Å²) < 4.78 is 7.91. The second-order valence-electron chi connectivity index (χ2n) is 14.8. The van der Waals surface area contributed by atoms with Gasteiger partial charge in [0.25, 0.3) is 0 Å². The van der Waals surface area contributed by atoms with Crippen molar-refractivity contribution in [3.8, 4) is 0 Å². The number of benzene rings is 3. The van der Waals surface area contributed by atoms with Crippen LogP contribution in [0.3, 0.4) is 0 Å².